The maximum atomic E-state index is 10.9. The average molecular weight is 396 g/mol. The largest absolute Gasteiger partial charge is 0.449 e. The van der Waals surface area contributed by atoms with Crippen LogP contribution >= 0.6 is 0 Å². The molecular weight excluding hydrogens is 362 g/mol. The van der Waals surface area contributed by atoms with Crippen molar-refractivity contribution >= 4 is 24.9 Å². The van der Waals surface area contributed by atoms with Crippen molar-refractivity contribution in [1.29, 1.82) is 0 Å². The first-order valence-corrected chi connectivity index (χ1v) is 12.4. The van der Waals surface area contributed by atoms with Crippen LogP contribution in [0.25, 0.3) is 10.8 Å². The van der Waals surface area contributed by atoms with E-state index in [1.807, 2.05) is 6.07 Å². The number of carbonyl (C=O) groups is 1. The summed E-state index contributed by atoms with van der Waals surface area (Å²) in [5, 5.41) is 2.34. The number of benzene rings is 2. The van der Waals surface area contributed by atoms with E-state index in [4.69, 9.17) is 10.5 Å². The van der Waals surface area contributed by atoms with E-state index in [1.165, 1.54) is 5.39 Å². The molecule has 0 saturated carbocycles. The van der Waals surface area contributed by atoms with Gasteiger partial charge in [0, 0.05) is 12.0 Å². The zero-order valence-electron chi connectivity index (χ0n) is 18.0. The van der Waals surface area contributed by atoms with E-state index in [0.29, 0.717) is 23.0 Å². The van der Waals surface area contributed by atoms with E-state index in [-0.39, 0.29) is 6.61 Å². The molecule has 0 aliphatic rings. The van der Waals surface area contributed by atoms with Crippen molar-refractivity contribution in [2.75, 3.05) is 6.61 Å². The van der Waals surface area contributed by atoms with Gasteiger partial charge in [-0.1, -0.05) is 83.9 Å². The van der Waals surface area contributed by atoms with Crippen molar-refractivity contribution in [1.82, 2.24) is 0 Å². The number of hydrogen-bond acceptors (Lipinski definition) is 2. The summed E-state index contributed by atoms with van der Waals surface area (Å²) in [6, 6.07) is 12.5. The number of primary amides is 1. The summed E-state index contributed by atoms with van der Waals surface area (Å²) in [7, 11) is -1.84. The van der Waals surface area contributed by atoms with Crippen LogP contribution in [0.1, 0.15) is 52.7 Å². The van der Waals surface area contributed by atoms with Gasteiger partial charge in [-0.3, -0.25) is 0 Å². The van der Waals surface area contributed by atoms with E-state index in [2.05, 4.69) is 83.3 Å². The molecule has 150 valence electrons. The number of nitrogens with two attached hydrogens (primary N) is 1. The molecule has 0 radical (unpaired) electrons. The van der Waals surface area contributed by atoms with Crippen LogP contribution in [-0.2, 0) is 11.2 Å². The van der Waals surface area contributed by atoms with Gasteiger partial charge in [-0.05, 0) is 33.0 Å². The van der Waals surface area contributed by atoms with Crippen molar-refractivity contribution in [3.63, 3.8) is 0 Å². The fraction of sp³-hybridized carbons (Fsp3) is 0.458. The van der Waals surface area contributed by atoms with Gasteiger partial charge in [0.1, 0.15) is 8.07 Å². The Hall–Kier alpha value is -2.25. The van der Waals surface area contributed by atoms with Crippen LogP contribution < -0.4 is 5.73 Å². The molecule has 2 rings (SSSR count). The van der Waals surface area contributed by atoms with E-state index < -0.39 is 14.2 Å². The van der Waals surface area contributed by atoms with Gasteiger partial charge < -0.3 is 10.5 Å². The summed E-state index contributed by atoms with van der Waals surface area (Å²) in [4.78, 5) is 10.9. The molecule has 0 unspecified atom stereocenters. The fourth-order valence-electron chi connectivity index (χ4n) is 4.54. The minimum atomic E-state index is -1.84. The number of fused-ring (bicyclic) bond motifs is 1. The molecule has 0 aromatic heterocycles. The Bertz CT molecular complexity index is 869. The minimum Gasteiger partial charge on any atom is -0.449 e. The molecule has 0 atom stereocenters. The van der Waals surface area contributed by atoms with E-state index in [0.717, 1.165) is 16.5 Å². The third kappa shape index (κ3) is 4.59. The Balaban J connectivity index is 2.61. The number of carbonyl (C=O) groups excluding carboxylic acids is 1. The first-order chi connectivity index (χ1) is 13.2. The Labute approximate surface area is 170 Å². The molecule has 3 nitrogen and oxygen atoms in total. The third-order valence-electron chi connectivity index (χ3n) is 5.90. The summed E-state index contributed by atoms with van der Waals surface area (Å²) in [5.41, 5.74) is 12.9. The van der Waals surface area contributed by atoms with Crippen LogP contribution in [0.4, 0.5) is 4.79 Å². The lowest BCUT2D eigenvalue weighted by atomic mass is 9.98. The van der Waals surface area contributed by atoms with Crippen LogP contribution in [-0.4, -0.2) is 20.8 Å². The standard InChI is InChI=1S/C24H33NO2Si/c1-17(2)28(18(3)4,19(5)6)16-14-23-21(13-15-27-24(25)26)12-11-20-9-7-8-10-22(20)23/h7-12,17-19H,13,15H2,1-6H3,(H2,25,26). The summed E-state index contributed by atoms with van der Waals surface area (Å²) >= 11 is 0. The first kappa shape index (κ1) is 22.0. The number of rotatable bonds is 6. The van der Waals surface area contributed by atoms with Crippen LogP contribution in [0.15, 0.2) is 36.4 Å². The lowest BCUT2D eigenvalue weighted by Gasteiger charge is -2.38. The predicted molar refractivity (Wildman–Crippen MR) is 121 cm³/mol. The second-order valence-corrected chi connectivity index (χ2v) is 14.0. The van der Waals surface area contributed by atoms with Gasteiger partial charge in [-0.2, -0.15) is 0 Å². The summed E-state index contributed by atoms with van der Waals surface area (Å²) in [6.07, 6.45) is -0.128. The predicted octanol–water partition coefficient (Wildman–Crippen LogP) is 6.05. The second kappa shape index (κ2) is 9.30. The summed E-state index contributed by atoms with van der Waals surface area (Å²) in [6.45, 7) is 14.2. The molecule has 0 bridgehead atoms. The third-order valence-corrected chi connectivity index (χ3v) is 12.2. The SMILES string of the molecule is CC(C)[Si](C#Cc1c(CCOC(N)=O)ccc2ccccc12)(C(C)C)C(C)C. The molecule has 0 spiro atoms. The van der Waals surface area contributed by atoms with Crippen molar-refractivity contribution in [3.05, 3.63) is 47.5 Å². The van der Waals surface area contributed by atoms with Gasteiger partial charge in [0.25, 0.3) is 0 Å². The molecule has 2 aromatic carbocycles. The van der Waals surface area contributed by atoms with Crippen molar-refractivity contribution in [2.45, 2.75) is 64.6 Å². The zero-order chi connectivity index (χ0) is 20.9. The maximum Gasteiger partial charge on any atom is 0.404 e. The molecule has 2 aromatic rings. The quantitative estimate of drug-likeness (QED) is 0.478. The van der Waals surface area contributed by atoms with E-state index in [9.17, 15) is 4.79 Å². The van der Waals surface area contributed by atoms with Gasteiger partial charge in [0.2, 0.25) is 0 Å². The van der Waals surface area contributed by atoms with Gasteiger partial charge in [0.05, 0.1) is 6.61 Å². The Morgan fingerprint density at radius 1 is 1.00 bits per heavy atom. The Morgan fingerprint density at radius 3 is 2.18 bits per heavy atom. The van der Waals surface area contributed by atoms with Gasteiger partial charge in [0.15, 0.2) is 0 Å². The van der Waals surface area contributed by atoms with Crippen LogP contribution in [0.5, 0.6) is 0 Å². The highest BCUT2D eigenvalue weighted by Crippen LogP contribution is 2.41. The molecule has 0 heterocycles. The van der Waals surface area contributed by atoms with E-state index >= 15 is 0 Å². The van der Waals surface area contributed by atoms with Crippen molar-refractivity contribution < 1.29 is 9.53 Å². The maximum absolute atomic E-state index is 10.9. The lowest BCUT2D eigenvalue weighted by molar-refractivity contribution is 0.158. The van der Waals surface area contributed by atoms with Crippen LogP contribution in [0.3, 0.4) is 0 Å². The second-order valence-electron chi connectivity index (χ2n) is 8.39. The minimum absolute atomic E-state index is 0.267. The fourth-order valence-corrected chi connectivity index (χ4v) is 9.75. The van der Waals surface area contributed by atoms with Gasteiger partial charge in [-0.25, -0.2) is 4.79 Å². The number of ether oxygens (including phenoxy) is 1. The molecular formula is C24H33NO2Si. The highest BCUT2D eigenvalue weighted by molar-refractivity contribution is 6.90. The molecule has 2 N–H and O–H groups in total. The first-order valence-electron chi connectivity index (χ1n) is 10.2. The van der Waals surface area contributed by atoms with Crippen LogP contribution in [0.2, 0.25) is 16.6 Å². The highest BCUT2D eigenvalue weighted by Gasteiger charge is 2.41. The topological polar surface area (TPSA) is 52.3 Å². The molecule has 4 heteroatoms. The molecule has 0 aliphatic carbocycles. The number of hydrogen-bond donors (Lipinski definition) is 1. The molecule has 1 amide bonds. The summed E-state index contributed by atoms with van der Waals surface area (Å²) < 4.78 is 4.97. The summed E-state index contributed by atoms with van der Waals surface area (Å²) in [5.74, 6) is 3.62. The van der Waals surface area contributed by atoms with E-state index in [1.54, 1.807) is 0 Å². The molecule has 0 aliphatic heterocycles. The van der Waals surface area contributed by atoms with Crippen molar-refractivity contribution in [2.24, 2.45) is 5.73 Å². The highest BCUT2D eigenvalue weighted by atomic mass is 28.3. The number of amides is 1. The van der Waals surface area contributed by atoms with Crippen molar-refractivity contribution in [3.8, 4) is 11.5 Å². The smallest absolute Gasteiger partial charge is 0.404 e. The average Bonchev–Trinajstić information content (AvgIpc) is 2.62. The zero-order valence-corrected chi connectivity index (χ0v) is 19.0. The molecule has 0 saturated heterocycles. The molecule has 28 heavy (non-hydrogen) atoms. The van der Waals surface area contributed by atoms with Gasteiger partial charge >= 0.3 is 6.09 Å². The Kier molecular flexibility index (Phi) is 7.32. The van der Waals surface area contributed by atoms with Gasteiger partial charge in [-0.15, -0.1) is 5.54 Å². The van der Waals surface area contributed by atoms with Crippen LogP contribution in [0, 0.1) is 11.5 Å². The monoisotopic (exact) mass is 395 g/mol. The normalized spacial score (nSPS) is 11.8. The molecule has 0 fully saturated rings. The Morgan fingerprint density at radius 2 is 1.61 bits per heavy atom. The lowest BCUT2D eigenvalue weighted by Crippen LogP contribution is -2.43.